The smallest absolute Gasteiger partial charge is 0.247 e. The molecule has 1 aromatic heterocycles. The first-order chi connectivity index (χ1) is 15.3. The molecule has 2 heterocycles. The molecule has 2 aromatic carbocycles. The minimum Gasteiger partial charge on any atom is -0.354 e. The van der Waals surface area contributed by atoms with Crippen LogP contribution in [-0.2, 0) is 16.6 Å². The number of para-hydroxylation sites is 1. The van der Waals surface area contributed by atoms with Gasteiger partial charge in [0.25, 0.3) is 0 Å². The summed E-state index contributed by atoms with van der Waals surface area (Å²) in [6.07, 6.45) is 0.875. The number of anilines is 1. The molecule has 0 radical (unpaired) electrons. The third kappa shape index (κ3) is 4.14. The lowest BCUT2D eigenvalue weighted by Crippen LogP contribution is -2.44. The van der Waals surface area contributed by atoms with Gasteiger partial charge in [-0.2, -0.15) is 0 Å². The van der Waals surface area contributed by atoms with E-state index in [0.717, 1.165) is 33.5 Å². The minimum absolute atomic E-state index is 0.112. The summed E-state index contributed by atoms with van der Waals surface area (Å²) >= 11 is 7.90. The molecule has 0 spiro atoms. The quantitative estimate of drug-likeness (QED) is 0.538. The fraction of sp³-hybridized carbons (Fsp3) is 0.360. The Bertz CT molecular complexity index is 1190. The van der Waals surface area contributed by atoms with Crippen molar-refractivity contribution in [3.8, 4) is 0 Å². The van der Waals surface area contributed by atoms with Crippen molar-refractivity contribution in [1.29, 1.82) is 0 Å². The molecular weight excluding hydrogens is 442 g/mol. The summed E-state index contributed by atoms with van der Waals surface area (Å²) in [4.78, 5) is 28.7. The Hall–Kier alpha value is -2.44. The van der Waals surface area contributed by atoms with Gasteiger partial charge in [-0.15, -0.1) is 0 Å². The summed E-state index contributed by atoms with van der Waals surface area (Å²) in [5.41, 5.74) is 3.48. The second-order valence-corrected chi connectivity index (χ2v) is 10.0. The second-order valence-electron chi connectivity index (χ2n) is 8.66. The molecule has 2 amide bonds. The monoisotopic (exact) mass is 469 g/mol. The zero-order valence-corrected chi connectivity index (χ0v) is 20.4. The van der Waals surface area contributed by atoms with Gasteiger partial charge in [0.1, 0.15) is 6.04 Å². The van der Waals surface area contributed by atoms with Crippen LogP contribution in [0.25, 0.3) is 10.9 Å². The van der Waals surface area contributed by atoms with Crippen molar-refractivity contribution in [3.05, 3.63) is 58.6 Å². The number of carbonyl (C=O) groups is 2. The minimum atomic E-state index is -0.774. The summed E-state index contributed by atoms with van der Waals surface area (Å²) in [5, 5.41) is 5.60. The van der Waals surface area contributed by atoms with Crippen LogP contribution in [0.15, 0.2) is 47.5 Å². The highest BCUT2D eigenvalue weighted by Crippen LogP contribution is 2.43. The van der Waals surface area contributed by atoms with Gasteiger partial charge in [-0.1, -0.05) is 61.5 Å². The van der Waals surface area contributed by atoms with E-state index >= 15 is 0 Å². The molecule has 1 unspecified atom stereocenters. The first kappa shape index (κ1) is 22.7. The topological polar surface area (TPSA) is 54.3 Å². The number of benzene rings is 2. The molecule has 0 saturated carbocycles. The highest BCUT2D eigenvalue weighted by atomic mass is 35.5. The second kappa shape index (κ2) is 9.20. The van der Waals surface area contributed by atoms with Crippen LogP contribution in [0.2, 0.25) is 5.02 Å². The number of aromatic nitrogens is 1. The van der Waals surface area contributed by atoms with Crippen LogP contribution in [0.4, 0.5) is 5.69 Å². The maximum atomic E-state index is 13.7. The predicted molar refractivity (Wildman–Crippen MR) is 133 cm³/mol. The van der Waals surface area contributed by atoms with E-state index in [2.05, 4.69) is 23.7 Å². The van der Waals surface area contributed by atoms with Crippen LogP contribution in [0.3, 0.4) is 0 Å². The van der Waals surface area contributed by atoms with Crippen LogP contribution in [0, 0.1) is 12.8 Å². The Morgan fingerprint density at radius 1 is 1.25 bits per heavy atom. The lowest BCUT2D eigenvalue weighted by atomic mass is 10.0. The summed E-state index contributed by atoms with van der Waals surface area (Å²) in [6, 6.07) is 12.8. The molecule has 7 heteroatoms. The highest BCUT2D eigenvalue weighted by Gasteiger charge is 2.39. The molecule has 3 aromatic rings. The largest absolute Gasteiger partial charge is 0.354 e. The molecule has 1 N–H and O–H groups in total. The number of halogens is 1. The molecule has 1 aliphatic heterocycles. The number of thioether (sulfide) groups is 1. The lowest BCUT2D eigenvalue weighted by molar-refractivity contribution is -0.125. The molecule has 168 valence electrons. The van der Waals surface area contributed by atoms with Gasteiger partial charge in [0, 0.05) is 40.8 Å². The number of hydrogen-bond donors (Lipinski definition) is 1. The van der Waals surface area contributed by atoms with E-state index in [9.17, 15) is 9.59 Å². The van der Waals surface area contributed by atoms with Gasteiger partial charge in [-0.25, -0.2) is 0 Å². The standard InChI is InChI=1S/C25H28ClN3O2S/c1-15(2)11-12-27-24(31)23-22-18-7-5-6-8-20(18)28(4)25(22)32-14-21(30)29(23)17-10-9-16(3)19(26)13-17/h5-10,13,15,23H,11-12,14H2,1-4H3,(H,27,31). The van der Waals surface area contributed by atoms with Crippen molar-refractivity contribution in [2.45, 2.75) is 38.3 Å². The van der Waals surface area contributed by atoms with Gasteiger partial charge in [0.2, 0.25) is 11.8 Å². The van der Waals surface area contributed by atoms with E-state index in [0.29, 0.717) is 23.2 Å². The molecule has 5 nitrogen and oxygen atoms in total. The molecule has 0 bridgehead atoms. The SMILES string of the molecule is Cc1ccc(N2C(=O)CSc3c(c4ccccc4n3C)C2C(=O)NCCC(C)C)cc1Cl. The fourth-order valence-electron chi connectivity index (χ4n) is 4.16. The molecular formula is C25H28ClN3O2S. The number of carbonyl (C=O) groups excluding carboxylic acids is 2. The molecule has 0 aliphatic carbocycles. The number of nitrogens with zero attached hydrogens (tertiary/aromatic N) is 2. The van der Waals surface area contributed by atoms with Crippen molar-refractivity contribution in [3.63, 3.8) is 0 Å². The molecule has 1 atom stereocenters. The number of rotatable bonds is 5. The van der Waals surface area contributed by atoms with Crippen LogP contribution in [0.5, 0.6) is 0 Å². The predicted octanol–water partition coefficient (Wildman–Crippen LogP) is 5.48. The zero-order chi connectivity index (χ0) is 23.0. The Labute approximate surface area is 198 Å². The van der Waals surface area contributed by atoms with Gasteiger partial charge in [0.15, 0.2) is 0 Å². The van der Waals surface area contributed by atoms with Crippen molar-refractivity contribution in [1.82, 2.24) is 9.88 Å². The van der Waals surface area contributed by atoms with E-state index in [1.807, 2.05) is 50.4 Å². The van der Waals surface area contributed by atoms with Gasteiger partial charge in [-0.05, 0) is 43.0 Å². The van der Waals surface area contributed by atoms with Crippen molar-refractivity contribution >= 4 is 51.8 Å². The molecule has 1 aliphatic rings. The Morgan fingerprint density at radius 3 is 2.72 bits per heavy atom. The zero-order valence-electron chi connectivity index (χ0n) is 18.8. The Morgan fingerprint density at radius 2 is 2.00 bits per heavy atom. The average molecular weight is 470 g/mol. The van der Waals surface area contributed by atoms with Gasteiger partial charge in [0.05, 0.1) is 10.8 Å². The summed E-state index contributed by atoms with van der Waals surface area (Å²) in [7, 11) is 1.99. The van der Waals surface area contributed by atoms with Crippen LogP contribution in [-0.4, -0.2) is 28.7 Å². The van der Waals surface area contributed by atoms with Gasteiger partial charge < -0.3 is 9.88 Å². The maximum Gasteiger partial charge on any atom is 0.247 e. The molecule has 32 heavy (non-hydrogen) atoms. The number of fused-ring (bicyclic) bond motifs is 3. The fourth-order valence-corrected chi connectivity index (χ4v) is 5.41. The highest BCUT2D eigenvalue weighted by molar-refractivity contribution is 8.00. The number of aryl methyl sites for hydroxylation is 2. The van der Waals surface area contributed by atoms with Gasteiger partial charge in [-0.3, -0.25) is 14.5 Å². The lowest BCUT2D eigenvalue weighted by Gasteiger charge is -2.30. The van der Waals surface area contributed by atoms with E-state index in [-0.39, 0.29) is 17.6 Å². The maximum absolute atomic E-state index is 13.7. The number of hydrogen-bond acceptors (Lipinski definition) is 3. The molecule has 0 fully saturated rings. The van der Waals surface area contributed by atoms with E-state index in [1.54, 1.807) is 11.0 Å². The van der Waals surface area contributed by atoms with Crippen LogP contribution < -0.4 is 10.2 Å². The molecule has 0 saturated heterocycles. The van der Waals surface area contributed by atoms with Crippen LogP contribution >= 0.6 is 23.4 Å². The first-order valence-electron chi connectivity index (χ1n) is 10.9. The van der Waals surface area contributed by atoms with Crippen molar-refractivity contribution in [2.24, 2.45) is 13.0 Å². The normalized spacial score (nSPS) is 16.4. The number of nitrogens with one attached hydrogen (secondary N) is 1. The van der Waals surface area contributed by atoms with E-state index in [1.165, 1.54) is 11.8 Å². The third-order valence-corrected chi connectivity index (χ3v) is 7.49. The van der Waals surface area contributed by atoms with E-state index in [4.69, 9.17) is 11.6 Å². The van der Waals surface area contributed by atoms with Crippen molar-refractivity contribution < 1.29 is 9.59 Å². The Kier molecular flexibility index (Phi) is 6.54. The first-order valence-corrected chi connectivity index (χ1v) is 12.2. The average Bonchev–Trinajstić information content (AvgIpc) is 2.93. The van der Waals surface area contributed by atoms with Crippen LogP contribution in [0.1, 0.15) is 37.4 Å². The van der Waals surface area contributed by atoms with Crippen molar-refractivity contribution in [2.75, 3.05) is 17.2 Å². The van der Waals surface area contributed by atoms with Gasteiger partial charge >= 0.3 is 0 Å². The van der Waals surface area contributed by atoms with E-state index < -0.39 is 6.04 Å². The third-order valence-electron chi connectivity index (χ3n) is 5.93. The Balaban J connectivity index is 1.89. The molecule has 4 rings (SSSR count). The number of amides is 2. The summed E-state index contributed by atoms with van der Waals surface area (Å²) in [6.45, 7) is 6.74. The summed E-state index contributed by atoms with van der Waals surface area (Å²) < 4.78 is 2.09. The summed E-state index contributed by atoms with van der Waals surface area (Å²) in [5.74, 6) is 0.440.